The minimum absolute atomic E-state index is 0.132. The Bertz CT molecular complexity index is 1160. The van der Waals surface area contributed by atoms with Crippen LogP contribution >= 0.6 is 0 Å². The zero-order chi connectivity index (χ0) is 20.1. The molecule has 0 spiro atoms. The Morgan fingerprint density at radius 2 is 2.24 bits per heavy atom. The summed E-state index contributed by atoms with van der Waals surface area (Å²) in [7, 11) is 0. The third kappa shape index (κ3) is 2.82. The summed E-state index contributed by atoms with van der Waals surface area (Å²) in [6.45, 7) is 2.82. The number of amides is 1. The smallest absolute Gasteiger partial charge is 0.292 e. The molecule has 1 unspecified atom stereocenters. The van der Waals surface area contributed by atoms with Gasteiger partial charge in [0.05, 0.1) is 11.3 Å². The summed E-state index contributed by atoms with van der Waals surface area (Å²) in [5.74, 6) is 0.690. The Balaban J connectivity index is 1.57. The molecule has 9 nitrogen and oxygen atoms in total. The van der Waals surface area contributed by atoms with Gasteiger partial charge >= 0.3 is 0 Å². The number of carbonyl (C=O) groups is 1. The molecule has 1 atom stereocenters. The van der Waals surface area contributed by atoms with Gasteiger partial charge in [0.1, 0.15) is 24.2 Å². The third-order valence-electron chi connectivity index (χ3n) is 5.15. The summed E-state index contributed by atoms with van der Waals surface area (Å²) >= 11 is 0. The summed E-state index contributed by atoms with van der Waals surface area (Å²) in [6.07, 6.45) is 3.32. The first-order valence-corrected chi connectivity index (χ1v) is 9.23. The van der Waals surface area contributed by atoms with Crippen LogP contribution in [0.2, 0.25) is 0 Å². The fraction of sp³-hybridized carbons (Fsp3) is 0.250. The van der Waals surface area contributed by atoms with Crippen LogP contribution in [0.25, 0.3) is 11.1 Å². The Hall–Kier alpha value is -3.75. The highest BCUT2D eigenvalue weighted by Gasteiger charge is 2.36. The summed E-state index contributed by atoms with van der Waals surface area (Å²) < 4.78 is 16.8. The second-order valence-corrected chi connectivity index (χ2v) is 7.04. The molecule has 0 saturated carbocycles. The van der Waals surface area contributed by atoms with E-state index in [4.69, 9.17) is 25.4 Å². The molecule has 9 heteroatoms. The van der Waals surface area contributed by atoms with E-state index in [1.807, 2.05) is 18.2 Å². The number of rotatable bonds is 4. The first kappa shape index (κ1) is 17.4. The lowest BCUT2D eigenvalue weighted by atomic mass is 10.0. The van der Waals surface area contributed by atoms with Crippen molar-refractivity contribution in [3.05, 3.63) is 58.8 Å². The number of amidine groups is 1. The molecule has 1 aromatic carbocycles. The zero-order valence-corrected chi connectivity index (χ0v) is 15.7. The number of nitrogens with two attached hydrogens (primary N) is 2. The number of nitrogens with zero attached hydrogens (tertiary/aromatic N) is 3. The van der Waals surface area contributed by atoms with Crippen LogP contribution in [0.1, 0.15) is 18.9 Å². The van der Waals surface area contributed by atoms with Crippen LogP contribution in [0.15, 0.2) is 62.7 Å². The van der Waals surface area contributed by atoms with Crippen molar-refractivity contribution in [2.75, 3.05) is 18.9 Å². The molecule has 3 aliphatic heterocycles. The van der Waals surface area contributed by atoms with E-state index in [2.05, 4.69) is 14.9 Å². The Kier molecular flexibility index (Phi) is 3.83. The summed E-state index contributed by atoms with van der Waals surface area (Å²) in [4.78, 5) is 22.5. The summed E-state index contributed by atoms with van der Waals surface area (Å²) in [5.41, 5.74) is 16.1. The SMILES string of the molecule is CC(OC1=COCC2=C3C1=CN=C(c1ccc4oc(N)nc4c1)N3CC2)C(N)=O. The van der Waals surface area contributed by atoms with E-state index in [-0.39, 0.29) is 6.01 Å². The lowest BCUT2D eigenvalue weighted by Crippen LogP contribution is -2.33. The number of carbonyl (C=O) groups excluding carboxylic acids is 1. The average Bonchev–Trinajstić information content (AvgIpc) is 3.23. The standard InChI is InChI=1S/C20H19N5O4/c1-10(18(21)26)28-16-9-27-8-12-4-5-25-17(12)13(16)7-23-19(25)11-2-3-15-14(6-11)24-20(22)29-15/h2-3,6-7,9-10H,4-5,8H2,1H3,(H2,21,26)(H2,22,24). The molecule has 2 aromatic rings. The van der Waals surface area contributed by atoms with E-state index >= 15 is 0 Å². The molecular formula is C20H19N5O4. The molecule has 1 amide bonds. The molecule has 5 rings (SSSR count). The van der Waals surface area contributed by atoms with Crippen molar-refractivity contribution in [1.82, 2.24) is 9.88 Å². The number of oxazole rings is 1. The normalized spacial score (nSPS) is 19.1. The van der Waals surface area contributed by atoms with E-state index in [9.17, 15) is 4.79 Å². The van der Waals surface area contributed by atoms with Gasteiger partial charge in [-0.15, -0.1) is 0 Å². The molecule has 0 radical (unpaired) electrons. The van der Waals surface area contributed by atoms with Gasteiger partial charge in [-0.25, -0.2) is 4.99 Å². The number of primary amides is 1. The molecule has 4 N–H and O–H groups in total. The number of fused-ring (bicyclic) bond motifs is 1. The minimum Gasteiger partial charge on any atom is -0.493 e. The van der Waals surface area contributed by atoms with Crippen molar-refractivity contribution >= 4 is 28.9 Å². The van der Waals surface area contributed by atoms with Crippen molar-refractivity contribution in [1.29, 1.82) is 0 Å². The van der Waals surface area contributed by atoms with Crippen LogP contribution < -0.4 is 11.5 Å². The second-order valence-electron chi connectivity index (χ2n) is 7.04. The predicted octanol–water partition coefficient (Wildman–Crippen LogP) is 1.78. The molecule has 3 aliphatic rings. The number of anilines is 1. The monoisotopic (exact) mass is 393 g/mol. The van der Waals surface area contributed by atoms with Crippen molar-refractivity contribution in [2.24, 2.45) is 10.7 Å². The molecule has 0 fully saturated rings. The molecule has 0 bridgehead atoms. The van der Waals surface area contributed by atoms with Crippen LogP contribution in [0.3, 0.4) is 0 Å². The first-order chi connectivity index (χ1) is 14.0. The van der Waals surface area contributed by atoms with E-state index in [0.29, 0.717) is 23.5 Å². The number of hydrogen-bond donors (Lipinski definition) is 2. The zero-order valence-electron chi connectivity index (χ0n) is 15.7. The number of aliphatic imine (C=N–C) groups is 1. The van der Waals surface area contributed by atoms with Gasteiger partial charge in [0, 0.05) is 18.3 Å². The number of benzene rings is 1. The van der Waals surface area contributed by atoms with Crippen LogP contribution in [0, 0.1) is 0 Å². The van der Waals surface area contributed by atoms with Gasteiger partial charge in [0.2, 0.25) is 0 Å². The fourth-order valence-corrected chi connectivity index (χ4v) is 3.73. The predicted molar refractivity (Wildman–Crippen MR) is 105 cm³/mol. The summed E-state index contributed by atoms with van der Waals surface area (Å²) in [5, 5.41) is 0. The van der Waals surface area contributed by atoms with Crippen molar-refractivity contribution in [2.45, 2.75) is 19.4 Å². The third-order valence-corrected chi connectivity index (χ3v) is 5.15. The van der Waals surface area contributed by atoms with Gasteiger partial charge < -0.3 is 30.3 Å². The van der Waals surface area contributed by atoms with Crippen molar-refractivity contribution in [3.8, 4) is 0 Å². The Morgan fingerprint density at radius 3 is 3.07 bits per heavy atom. The topological polar surface area (TPSA) is 129 Å². The molecule has 0 saturated heterocycles. The molecule has 4 heterocycles. The van der Waals surface area contributed by atoms with Gasteiger partial charge in [0.15, 0.2) is 17.4 Å². The van der Waals surface area contributed by atoms with Crippen molar-refractivity contribution < 1.29 is 18.7 Å². The molecule has 0 aliphatic carbocycles. The maximum absolute atomic E-state index is 11.4. The van der Waals surface area contributed by atoms with Crippen LogP contribution in [-0.2, 0) is 14.3 Å². The van der Waals surface area contributed by atoms with E-state index in [1.54, 1.807) is 13.1 Å². The largest absolute Gasteiger partial charge is 0.493 e. The van der Waals surface area contributed by atoms with Gasteiger partial charge in [0.25, 0.3) is 11.9 Å². The highest BCUT2D eigenvalue weighted by atomic mass is 16.5. The molecule has 29 heavy (non-hydrogen) atoms. The van der Waals surface area contributed by atoms with Gasteiger partial charge in [-0.2, -0.15) is 4.98 Å². The van der Waals surface area contributed by atoms with E-state index in [0.717, 1.165) is 41.2 Å². The van der Waals surface area contributed by atoms with E-state index in [1.165, 1.54) is 6.26 Å². The van der Waals surface area contributed by atoms with Gasteiger partial charge in [-0.3, -0.25) is 4.79 Å². The second kappa shape index (κ2) is 6.40. The highest BCUT2D eigenvalue weighted by Crippen LogP contribution is 2.39. The van der Waals surface area contributed by atoms with Gasteiger partial charge in [-0.1, -0.05) is 0 Å². The van der Waals surface area contributed by atoms with Crippen molar-refractivity contribution in [3.63, 3.8) is 0 Å². The number of hydrogen-bond acceptors (Lipinski definition) is 8. The van der Waals surface area contributed by atoms with Crippen LogP contribution in [-0.4, -0.2) is 40.9 Å². The molecule has 148 valence electrons. The lowest BCUT2D eigenvalue weighted by Gasteiger charge is -2.29. The first-order valence-electron chi connectivity index (χ1n) is 9.23. The molecule has 1 aromatic heterocycles. The average molecular weight is 393 g/mol. The quantitative estimate of drug-likeness (QED) is 0.810. The highest BCUT2D eigenvalue weighted by molar-refractivity contribution is 6.04. The fourth-order valence-electron chi connectivity index (χ4n) is 3.73. The number of ether oxygens (including phenoxy) is 2. The maximum atomic E-state index is 11.4. The number of aromatic nitrogens is 1. The minimum atomic E-state index is -0.784. The van der Waals surface area contributed by atoms with E-state index < -0.39 is 12.0 Å². The number of nitrogen functional groups attached to an aromatic ring is 1. The Labute approximate surface area is 166 Å². The Morgan fingerprint density at radius 1 is 1.38 bits per heavy atom. The summed E-state index contributed by atoms with van der Waals surface area (Å²) in [6, 6.07) is 5.80. The lowest BCUT2D eigenvalue weighted by molar-refractivity contribution is -0.126. The molecular weight excluding hydrogens is 374 g/mol. The van der Waals surface area contributed by atoms with Crippen LogP contribution in [0.4, 0.5) is 6.01 Å². The maximum Gasteiger partial charge on any atom is 0.292 e. The van der Waals surface area contributed by atoms with Gasteiger partial charge in [-0.05, 0) is 37.1 Å². The van der Waals surface area contributed by atoms with Crippen LogP contribution in [0.5, 0.6) is 0 Å².